The van der Waals surface area contributed by atoms with E-state index in [-0.39, 0.29) is 24.4 Å². The van der Waals surface area contributed by atoms with Crippen LogP contribution in [0.3, 0.4) is 0 Å². The molecule has 2 aromatic rings. The third kappa shape index (κ3) is 4.36. The smallest absolute Gasteiger partial charge is 0.224 e. The summed E-state index contributed by atoms with van der Waals surface area (Å²) in [7, 11) is 0. The van der Waals surface area contributed by atoms with E-state index in [1.54, 1.807) is 0 Å². The summed E-state index contributed by atoms with van der Waals surface area (Å²) in [5.74, 6) is -1.84. The van der Waals surface area contributed by atoms with Gasteiger partial charge < -0.3 is 10.4 Å². The van der Waals surface area contributed by atoms with E-state index in [2.05, 4.69) is 5.32 Å². The number of carbonyl (C=O) groups is 1. The highest BCUT2D eigenvalue weighted by Gasteiger charge is 2.27. The molecule has 0 spiro atoms. The lowest BCUT2D eigenvalue weighted by atomic mass is 9.95. The lowest BCUT2D eigenvalue weighted by Crippen LogP contribution is -2.39. The van der Waals surface area contributed by atoms with Gasteiger partial charge in [-0.2, -0.15) is 0 Å². The Labute approximate surface area is 134 Å². The van der Waals surface area contributed by atoms with Crippen molar-refractivity contribution in [2.45, 2.75) is 25.9 Å². The maximum absolute atomic E-state index is 13.8. The second kappa shape index (κ2) is 6.87. The van der Waals surface area contributed by atoms with Crippen LogP contribution in [0.15, 0.2) is 42.5 Å². The maximum Gasteiger partial charge on any atom is 0.224 e. The number of aryl methyl sites for hydroxylation is 1. The topological polar surface area (TPSA) is 49.3 Å². The van der Waals surface area contributed by atoms with Crippen LogP contribution in [0.5, 0.6) is 0 Å². The summed E-state index contributed by atoms with van der Waals surface area (Å²) in [6, 6.07) is 10.5. The van der Waals surface area contributed by atoms with Crippen molar-refractivity contribution >= 4 is 5.91 Å². The van der Waals surface area contributed by atoms with Crippen LogP contribution in [0.4, 0.5) is 8.78 Å². The Morgan fingerprint density at radius 1 is 1.22 bits per heavy atom. The van der Waals surface area contributed by atoms with Gasteiger partial charge >= 0.3 is 0 Å². The summed E-state index contributed by atoms with van der Waals surface area (Å²) < 4.78 is 26.7. The summed E-state index contributed by atoms with van der Waals surface area (Å²) in [6.07, 6.45) is 0.175. The van der Waals surface area contributed by atoms with Crippen molar-refractivity contribution in [1.82, 2.24) is 5.32 Å². The fourth-order valence-electron chi connectivity index (χ4n) is 2.34. The zero-order valence-corrected chi connectivity index (χ0v) is 13.1. The number of amides is 1. The van der Waals surface area contributed by atoms with Crippen LogP contribution >= 0.6 is 0 Å². The van der Waals surface area contributed by atoms with E-state index in [0.717, 1.165) is 17.2 Å². The molecule has 0 fully saturated rings. The normalized spacial score (nSPS) is 13.4. The fraction of sp³-hybridized carbons (Fsp3) is 0.278. The Hall–Kier alpha value is -2.27. The molecule has 0 aliphatic carbocycles. The highest BCUT2D eigenvalue weighted by Crippen LogP contribution is 2.23. The van der Waals surface area contributed by atoms with Crippen LogP contribution in [0, 0.1) is 18.6 Å². The number of nitrogens with one attached hydrogen (secondary N) is 1. The average Bonchev–Trinajstić information content (AvgIpc) is 2.47. The highest BCUT2D eigenvalue weighted by molar-refractivity contribution is 5.79. The summed E-state index contributed by atoms with van der Waals surface area (Å²) >= 11 is 0. The SMILES string of the molecule is Cc1ccccc1CC(=O)NCC(C)(O)c1ccc(F)cc1F. The van der Waals surface area contributed by atoms with E-state index in [9.17, 15) is 18.7 Å². The van der Waals surface area contributed by atoms with E-state index in [1.165, 1.54) is 13.0 Å². The maximum atomic E-state index is 13.8. The first-order chi connectivity index (χ1) is 10.8. The molecule has 1 unspecified atom stereocenters. The Balaban J connectivity index is 2.01. The molecular formula is C18H19F2NO2. The number of hydrogen-bond donors (Lipinski definition) is 2. The molecule has 5 heteroatoms. The Kier molecular flexibility index (Phi) is 5.11. The molecule has 1 amide bonds. The van der Waals surface area contributed by atoms with Crippen LogP contribution in [0.1, 0.15) is 23.6 Å². The molecule has 0 aliphatic rings. The Morgan fingerprint density at radius 3 is 2.57 bits per heavy atom. The van der Waals surface area contributed by atoms with E-state index in [4.69, 9.17) is 0 Å². The van der Waals surface area contributed by atoms with Gasteiger partial charge in [-0.3, -0.25) is 4.79 Å². The molecule has 2 N–H and O–H groups in total. The first-order valence-electron chi connectivity index (χ1n) is 7.29. The van der Waals surface area contributed by atoms with E-state index >= 15 is 0 Å². The number of halogens is 2. The van der Waals surface area contributed by atoms with Crippen molar-refractivity contribution < 1.29 is 18.7 Å². The third-order valence-electron chi connectivity index (χ3n) is 3.75. The van der Waals surface area contributed by atoms with Gasteiger partial charge in [-0.15, -0.1) is 0 Å². The third-order valence-corrected chi connectivity index (χ3v) is 3.75. The lowest BCUT2D eigenvalue weighted by Gasteiger charge is -2.24. The summed E-state index contributed by atoms with van der Waals surface area (Å²) in [5, 5.41) is 12.9. The molecule has 0 aliphatic heterocycles. The molecule has 0 aromatic heterocycles. The van der Waals surface area contributed by atoms with Crippen LogP contribution in [0.2, 0.25) is 0 Å². The monoisotopic (exact) mass is 319 g/mol. The zero-order valence-electron chi connectivity index (χ0n) is 13.1. The molecule has 3 nitrogen and oxygen atoms in total. The minimum atomic E-state index is -1.63. The van der Waals surface area contributed by atoms with Gasteiger partial charge in [0.1, 0.15) is 17.2 Å². The zero-order chi connectivity index (χ0) is 17.0. The second-order valence-corrected chi connectivity index (χ2v) is 5.78. The number of carbonyl (C=O) groups excluding carboxylic acids is 1. The van der Waals surface area contributed by atoms with Crippen molar-refractivity contribution in [2.75, 3.05) is 6.54 Å². The second-order valence-electron chi connectivity index (χ2n) is 5.78. The minimum Gasteiger partial charge on any atom is -0.383 e. The molecule has 0 heterocycles. The summed E-state index contributed by atoms with van der Waals surface area (Å²) in [5.41, 5.74) is 0.200. The van der Waals surface area contributed by atoms with E-state index in [1.807, 2.05) is 31.2 Å². The van der Waals surface area contributed by atoms with Gasteiger partial charge in [-0.1, -0.05) is 30.3 Å². The van der Waals surface area contributed by atoms with E-state index < -0.39 is 17.2 Å². The van der Waals surface area contributed by atoms with Crippen molar-refractivity contribution in [3.8, 4) is 0 Å². The lowest BCUT2D eigenvalue weighted by molar-refractivity contribution is -0.121. The number of aliphatic hydroxyl groups is 1. The number of rotatable bonds is 5. The minimum absolute atomic E-state index is 0.0601. The highest BCUT2D eigenvalue weighted by atomic mass is 19.1. The Bertz CT molecular complexity index is 714. The molecule has 23 heavy (non-hydrogen) atoms. The molecular weight excluding hydrogens is 300 g/mol. The van der Waals surface area contributed by atoms with Gasteiger partial charge in [0, 0.05) is 11.6 Å². The quantitative estimate of drug-likeness (QED) is 0.890. The van der Waals surface area contributed by atoms with Gasteiger partial charge in [0.15, 0.2) is 0 Å². The Morgan fingerprint density at radius 2 is 1.91 bits per heavy atom. The largest absolute Gasteiger partial charge is 0.383 e. The number of benzene rings is 2. The van der Waals surface area contributed by atoms with Gasteiger partial charge in [0.05, 0.1) is 13.0 Å². The van der Waals surface area contributed by atoms with Gasteiger partial charge in [-0.05, 0) is 31.0 Å². The molecule has 0 saturated heterocycles. The van der Waals surface area contributed by atoms with Crippen molar-refractivity contribution in [2.24, 2.45) is 0 Å². The summed E-state index contributed by atoms with van der Waals surface area (Å²) in [4.78, 5) is 12.0. The van der Waals surface area contributed by atoms with Crippen molar-refractivity contribution in [1.29, 1.82) is 0 Å². The first-order valence-corrected chi connectivity index (χ1v) is 7.29. The first kappa shape index (κ1) is 17.1. The van der Waals surface area contributed by atoms with Crippen molar-refractivity contribution in [3.63, 3.8) is 0 Å². The average molecular weight is 319 g/mol. The molecule has 1 atom stereocenters. The fourth-order valence-corrected chi connectivity index (χ4v) is 2.34. The molecule has 0 saturated carbocycles. The van der Waals surface area contributed by atoms with E-state index in [0.29, 0.717) is 6.07 Å². The summed E-state index contributed by atoms with van der Waals surface area (Å²) in [6.45, 7) is 3.12. The van der Waals surface area contributed by atoms with Gasteiger partial charge in [-0.25, -0.2) is 8.78 Å². The predicted molar refractivity (Wildman–Crippen MR) is 83.8 cm³/mol. The van der Waals surface area contributed by atoms with Crippen LogP contribution < -0.4 is 5.32 Å². The van der Waals surface area contributed by atoms with Crippen LogP contribution in [-0.2, 0) is 16.8 Å². The molecule has 0 bridgehead atoms. The number of hydrogen-bond acceptors (Lipinski definition) is 2. The van der Waals surface area contributed by atoms with Gasteiger partial charge in [0.25, 0.3) is 0 Å². The van der Waals surface area contributed by atoms with Crippen LogP contribution in [-0.4, -0.2) is 17.6 Å². The molecule has 2 rings (SSSR count). The van der Waals surface area contributed by atoms with Gasteiger partial charge in [0.2, 0.25) is 5.91 Å². The standard InChI is InChI=1S/C18H19F2NO2/c1-12-5-3-4-6-13(12)9-17(22)21-11-18(2,23)15-8-7-14(19)10-16(15)20/h3-8,10,23H,9,11H2,1-2H3,(H,21,22). The molecule has 122 valence electrons. The predicted octanol–water partition coefficient (Wildman–Crippen LogP) is 2.84. The van der Waals surface area contributed by atoms with Crippen LogP contribution in [0.25, 0.3) is 0 Å². The van der Waals surface area contributed by atoms with Crippen molar-refractivity contribution in [3.05, 3.63) is 70.8 Å². The molecule has 2 aromatic carbocycles. The molecule has 0 radical (unpaired) electrons.